The lowest BCUT2D eigenvalue weighted by atomic mass is 10.0. The highest BCUT2D eigenvalue weighted by Crippen LogP contribution is 2.19. The summed E-state index contributed by atoms with van der Waals surface area (Å²) in [7, 11) is 0. The second-order valence-electron chi connectivity index (χ2n) is 5.84. The number of carbonyl (C=O) groups is 1. The predicted octanol–water partition coefficient (Wildman–Crippen LogP) is 4.52. The molecule has 1 N–H and O–H groups in total. The largest absolute Gasteiger partial charge is 0.481 e. The first-order valence-corrected chi connectivity index (χ1v) is 7.60. The van der Waals surface area contributed by atoms with Gasteiger partial charge in [-0.1, -0.05) is 43.7 Å². The molecule has 0 fully saturated rings. The lowest BCUT2D eigenvalue weighted by Gasteiger charge is -2.15. The fourth-order valence-electron chi connectivity index (χ4n) is 2.07. The Labute approximate surface area is 132 Å². The highest BCUT2D eigenvalue weighted by Gasteiger charge is 2.14. The van der Waals surface area contributed by atoms with Crippen LogP contribution < -0.4 is 10.1 Å². The Bertz CT molecular complexity index is 615. The number of hydrogen-bond acceptors (Lipinski definition) is 2. The Morgan fingerprint density at radius 3 is 2.09 bits per heavy atom. The molecule has 3 nitrogen and oxygen atoms in total. The van der Waals surface area contributed by atoms with Gasteiger partial charge in [-0.3, -0.25) is 4.79 Å². The Balaban J connectivity index is 1.94. The topological polar surface area (TPSA) is 38.3 Å². The third-order valence-electron chi connectivity index (χ3n) is 3.55. The molecule has 1 amide bonds. The van der Waals surface area contributed by atoms with Crippen molar-refractivity contribution in [3.8, 4) is 5.75 Å². The first kappa shape index (κ1) is 16.1. The summed E-state index contributed by atoms with van der Waals surface area (Å²) in [5, 5.41) is 2.85. The standard InChI is InChI=1S/C19H23NO2/c1-13(2)16-7-11-18(12-8-16)22-15(4)19(21)20-17-9-5-14(3)6-10-17/h5-13,15H,1-4H3,(H,20,21)/t15-/m0/s1. The SMILES string of the molecule is Cc1ccc(NC(=O)[C@H](C)Oc2ccc(C(C)C)cc2)cc1. The molecule has 116 valence electrons. The number of nitrogens with one attached hydrogen (secondary N) is 1. The molecule has 0 aliphatic carbocycles. The van der Waals surface area contributed by atoms with Crippen LogP contribution in [0.5, 0.6) is 5.75 Å². The van der Waals surface area contributed by atoms with Crippen LogP contribution in [-0.4, -0.2) is 12.0 Å². The Morgan fingerprint density at radius 1 is 0.955 bits per heavy atom. The van der Waals surface area contributed by atoms with Gasteiger partial charge in [-0.15, -0.1) is 0 Å². The van der Waals surface area contributed by atoms with E-state index in [0.717, 1.165) is 11.3 Å². The van der Waals surface area contributed by atoms with Crippen LogP contribution in [0.3, 0.4) is 0 Å². The first-order chi connectivity index (χ1) is 10.5. The summed E-state index contributed by atoms with van der Waals surface area (Å²) in [6.45, 7) is 8.05. The Kier molecular flexibility index (Phi) is 5.21. The van der Waals surface area contributed by atoms with E-state index in [9.17, 15) is 4.79 Å². The number of ether oxygens (including phenoxy) is 1. The smallest absolute Gasteiger partial charge is 0.265 e. The minimum absolute atomic E-state index is 0.156. The molecule has 0 spiro atoms. The second-order valence-corrected chi connectivity index (χ2v) is 5.84. The van der Waals surface area contributed by atoms with Gasteiger partial charge in [0.15, 0.2) is 6.10 Å². The molecule has 22 heavy (non-hydrogen) atoms. The summed E-state index contributed by atoms with van der Waals surface area (Å²) >= 11 is 0. The van der Waals surface area contributed by atoms with Crippen molar-refractivity contribution in [2.45, 2.75) is 39.7 Å². The van der Waals surface area contributed by atoms with Gasteiger partial charge in [0, 0.05) is 5.69 Å². The van der Waals surface area contributed by atoms with E-state index in [4.69, 9.17) is 4.74 Å². The number of carbonyl (C=O) groups excluding carboxylic acids is 1. The number of rotatable bonds is 5. The van der Waals surface area contributed by atoms with E-state index in [2.05, 4.69) is 19.2 Å². The highest BCUT2D eigenvalue weighted by molar-refractivity contribution is 5.94. The van der Waals surface area contributed by atoms with Crippen LogP contribution in [0, 0.1) is 6.92 Å². The zero-order valence-electron chi connectivity index (χ0n) is 13.6. The molecule has 0 unspecified atom stereocenters. The van der Waals surface area contributed by atoms with Crippen LogP contribution in [0.15, 0.2) is 48.5 Å². The fraction of sp³-hybridized carbons (Fsp3) is 0.316. The van der Waals surface area contributed by atoms with Crippen molar-refractivity contribution in [1.29, 1.82) is 0 Å². The Hall–Kier alpha value is -2.29. The van der Waals surface area contributed by atoms with Crippen molar-refractivity contribution < 1.29 is 9.53 Å². The normalized spacial score (nSPS) is 12.0. The Morgan fingerprint density at radius 2 is 1.55 bits per heavy atom. The third kappa shape index (κ3) is 4.35. The summed E-state index contributed by atoms with van der Waals surface area (Å²) in [5.41, 5.74) is 3.19. The first-order valence-electron chi connectivity index (χ1n) is 7.60. The number of anilines is 1. The molecule has 0 bridgehead atoms. The van der Waals surface area contributed by atoms with Crippen molar-refractivity contribution in [2.24, 2.45) is 0 Å². The minimum atomic E-state index is -0.550. The molecule has 3 heteroatoms. The van der Waals surface area contributed by atoms with Crippen molar-refractivity contribution in [3.05, 3.63) is 59.7 Å². The van der Waals surface area contributed by atoms with Crippen LogP contribution >= 0.6 is 0 Å². The van der Waals surface area contributed by atoms with Gasteiger partial charge in [0.2, 0.25) is 0 Å². The van der Waals surface area contributed by atoms with E-state index in [-0.39, 0.29) is 5.91 Å². The highest BCUT2D eigenvalue weighted by atomic mass is 16.5. The molecule has 0 aliphatic rings. The zero-order chi connectivity index (χ0) is 16.1. The maximum Gasteiger partial charge on any atom is 0.265 e. The van der Waals surface area contributed by atoms with Gasteiger partial charge in [0.05, 0.1) is 0 Å². The van der Waals surface area contributed by atoms with E-state index >= 15 is 0 Å². The van der Waals surface area contributed by atoms with Crippen LogP contribution in [0.2, 0.25) is 0 Å². The van der Waals surface area contributed by atoms with Crippen LogP contribution in [-0.2, 0) is 4.79 Å². The predicted molar refractivity (Wildman–Crippen MR) is 90.4 cm³/mol. The number of benzene rings is 2. The van der Waals surface area contributed by atoms with Crippen LogP contribution in [0.25, 0.3) is 0 Å². The summed E-state index contributed by atoms with van der Waals surface area (Å²) in [4.78, 5) is 12.1. The minimum Gasteiger partial charge on any atom is -0.481 e. The van der Waals surface area contributed by atoms with E-state index < -0.39 is 6.10 Å². The molecular weight excluding hydrogens is 274 g/mol. The van der Waals surface area contributed by atoms with E-state index in [1.165, 1.54) is 5.56 Å². The lowest BCUT2D eigenvalue weighted by Crippen LogP contribution is -2.30. The molecule has 2 aromatic carbocycles. The molecule has 1 atom stereocenters. The van der Waals surface area contributed by atoms with Gasteiger partial charge >= 0.3 is 0 Å². The van der Waals surface area contributed by atoms with Crippen LogP contribution in [0.1, 0.15) is 37.8 Å². The molecule has 0 heterocycles. The summed E-state index contributed by atoms with van der Waals surface area (Å²) in [6, 6.07) is 15.6. The lowest BCUT2D eigenvalue weighted by molar-refractivity contribution is -0.122. The zero-order valence-corrected chi connectivity index (χ0v) is 13.6. The molecule has 2 aromatic rings. The van der Waals surface area contributed by atoms with Gasteiger partial charge in [-0.05, 0) is 49.6 Å². The van der Waals surface area contributed by atoms with Crippen molar-refractivity contribution in [3.63, 3.8) is 0 Å². The van der Waals surface area contributed by atoms with Crippen LogP contribution in [0.4, 0.5) is 5.69 Å². The molecule has 0 aliphatic heterocycles. The number of hydrogen-bond donors (Lipinski definition) is 1. The van der Waals surface area contributed by atoms with Crippen molar-refractivity contribution >= 4 is 11.6 Å². The van der Waals surface area contributed by atoms with E-state index in [0.29, 0.717) is 11.7 Å². The van der Waals surface area contributed by atoms with Gasteiger partial charge in [0.25, 0.3) is 5.91 Å². The quantitative estimate of drug-likeness (QED) is 0.881. The van der Waals surface area contributed by atoms with Crippen molar-refractivity contribution in [2.75, 3.05) is 5.32 Å². The molecule has 0 aromatic heterocycles. The molecular formula is C19H23NO2. The van der Waals surface area contributed by atoms with E-state index in [1.807, 2.05) is 55.5 Å². The summed E-state index contributed by atoms with van der Waals surface area (Å²) in [5.74, 6) is 1.03. The number of aryl methyl sites for hydroxylation is 1. The monoisotopic (exact) mass is 297 g/mol. The van der Waals surface area contributed by atoms with E-state index in [1.54, 1.807) is 6.92 Å². The van der Waals surface area contributed by atoms with Gasteiger partial charge in [-0.2, -0.15) is 0 Å². The second kappa shape index (κ2) is 7.12. The molecule has 2 rings (SSSR count). The average Bonchev–Trinajstić information content (AvgIpc) is 2.50. The van der Waals surface area contributed by atoms with Crippen molar-refractivity contribution in [1.82, 2.24) is 0 Å². The summed E-state index contributed by atoms with van der Waals surface area (Å²) in [6.07, 6.45) is -0.550. The van der Waals surface area contributed by atoms with Gasteiger partial charge < -0.3 is 10.1 Å². The van der Waals surface area contributed by atoms with Gasteiger partial charge in [0.1, 0.15) is 5.75 Å². The average molecular weight is 297 g/mol. The molecule has 0 radical (unpaired) electrons. The maximum atomic E-state index is 12.1. The maximum absolute atomic E-state index is 12.1. The molecule has 0 saturated heterocycles. The molecule has 0 saturated carbocycles. The fourth-order valence-corrected chi connectivity index (χ4v) is 2.07. The third-order valence-corrected chi connectivity index (χ3v) is 3.55. The van der Waals surface area contributed by atoms with Gasteiger partial charge in [-0.25, -0.2) is 0 Å². The summed E-state index contributed by atoms with van der Waals surface area (Å²) < 4.78 is 5.69. The number of amides is 1.